The van der Waals surface area contributed by atoms with Crippen molar-refractivity contribution in [2.75, 3.05) is 13.7 Å². The molecule has 0 atom stereocenters. The molecule has 0 aromatic heterocycles. The van der Waals surface area contributed by atoms with Gasteiger partial charge < -0.3 is 14.8 Å². The van der Waals surface area contributed by atoms with Crippen LogP contribution in [0.3, 0.4) is 0 Å². The number of unbranched alkanes of at least 4 members (excludes halogenated alkanes) is 8. The molecular formula is C29H37Cl2N3O5. The average molecular weight is 579 g/mol. The fourth-order valence-corrected chi connectivity index (χ4v) is 4.01. The number of hydrazone groups is 1. The van der Waals surface area contributed by atoms with Crippen molar-refractivity contribution >= 4 is 47.2 Å². The molecule has 0 fully saturated rings. The van der Waals surface area contributed by atoms with Gasteiger partial charge in [-0.15, -0.1) is 0 Å². The number of halogens is 2. The van der Waals surface area contributed by atoms with Crippen molar-refractivity contribution in [3.8, 4) is 11.5 Å². The minimum Gasteiger partial charge on any atom is -0.493 e. The molecule has 10 heteroatoms. The maximum Gasteiger partial charge on any atom is 0.343 e. The largest absolute Gasteiger partial charge is 0.493 e. The summed E-state index contributed by atoms with van der Waals surface area (Å²) in [7, 11) is 1.44. The van der Waals surface area contributed by atoms with E-state index in [0.29, 0.717) is 22.8 Å². The highest BCUT2D eigenvalue weighted by atomic mass is 35.5. The third kappa shape index (κ3) is 12.5. The minimum atomic E-state index is -0.625. The van der Waals surface area contributed by atoms with Crippen LogP contribution >= 0.6 is 23.2 Å². The standard InChI is InChI=1S/C29H37Cl2N3O5/c1-3-4-5-6-7-8-9-10-11-12-27(35)32-20-28(36)34-33-19-21-13-16-25(26(17-21)38-2)39-29(37)22-14-15-23(30)24(31)18-22/h13-19H,3-12,20H2,1-2H3,(H,32,35)(H,34,36)/b33-19+. The number of nitrogens with zero attached hydrogens (tertiary/aromatic N) is 1. The number of nitrogens with one attached hydrogen (secondary N) is 2. The van der Waals surface area contributed by atoms with E-state index in [2.05, 4.69) is 22.8 Å². The third-order valence-corrected chi connectivity index (χ3v) is 6.64. The Morgan fingerprint density at radius 1 is 0.846 bits per heavy atom. The van der Waals surface area contributed by atoms with Crippen LogP contribution in [0.5, 0.6) is 11.5 Å². The highest BCUT2D eigenvalue weighted by Gasteiger charge is 2.14. The first-order valence-corrected chi connectivity index (χ1v) is 14.0. The van der Waals surface area contributed by atoms with E-state index in [1.54, 1.807) is 18.2 Å². The topological polar surface area (TPSA) is 106 Å². The molecule has 0 aliphatic rings. The van der Waals surface area contributed by atoms with Crippen LogP contribution in [0.2, 0.25) is 10.0 Å². The summed E-state index contributed by atoms with van der Waals surface area (Å²) in [5.41, 5.74) is 3.20. The van der Waals surface area contributed by atoms with Crippen molar-refractivity contribution in [1.82, 2.24) is 10.7 Å². The summed E-state index contributed by atoms with van der Waals surface area (Å²) >= 11 is 11.9. The second-order valence-corrected chi connectivity index (χ2v) is 9.89. The van der Waals surface area contributed by atoms with Gasteiger partial charge in [-0.25, -0.2) is 10.2 Å². The summed E-state index contributed by atoms with van der Waals surface area (Å²) in [6.45, 7) is 2.06. The Kier molecular flexibility index (Phi) is 15.0. The molecule has 0 heterocycles. The van der Waals surface area contributed by atoms with Crippen LogP contribution in [0.1, 0.15) is 87.1 Å². The van der Waals surface area contributed by atoms with E-state index in [0.717, 1.165) is 19.3 Å². The smallest absolute Gasteiger partial charge is 0.343 e. The van der Waals surface area contributed by atoms with E-state index in [9.17, 15) is 14.4 Å². The van der Waals surface area contributed by atoms with Gasteiger partial charge in [0, 0.05) is 6.42 Å². The summed E-state index contributed by atoms with van der Waals surface area (Å²) in [5.74, 6) is -0.717. The molecule has 8 nitrogen and oxygen atoms in total. The van der Waals surface area contributed by atoms with E-state index in [4.69, 9.17) is 32.7 Å². The molecule has 39 heavy (non-hydrogen) atoms. The molecule has 2 amide bonds. The number of hydrogen-bond donors (Lipinski definition) is 2. The Morgan fingerprint density at radius 3 is 2.21 bits per heavy atom. The molecule has 0 spiro atoms. The quantitative estimate of drug-likeness (QED) is 0.0714. The fourth-order valence-electron chi connectivity index (χ4n) is 3.71. The molecule has 2 N–H and O–H groups in total. The average Bonchev–Trinajstić information content (AvgIpc) is 2.93. The molecule has 212 valence electrons. The second kappa shape index (κ2) is 18.2. The van der Waals surface area contributed by atoms with Crippen molar-refractivity contribution < 1.29 is 23.9 Å². The molecule has 0 saturated carbocycles. The number of hydrogen-bond acceptors (Lipinski definition) is 6. The summed E-state index contributed by atoms with van der Waals surface area (Å²) in [6, 6.07) is 9.22. The number of carbonyl (C=O) groups excluding carboxylic acids is 3. The molecular weight excluding hydrogens is 541 g/mol. The zero-order valence-electron chi connectivity index (χ0n) is 22.6. The number of methoxy groups -OCH3 is 1. The highest BCUT2D eigenvalue weighted by Crippen LogP contribution is 2.29. The first-order chi connectivity index (χ1) is 18.8. The number of carbonyl (C=O) groups is 3. The van der Waals surface area contributed by atoms with Crippen LogP contribution in [0.25, 0.3) is 0 Å². The van der Waals surface area contributed by atoms with Gasteiger partial charge in [0.25, 0.3) is 5.91 Å². The van der Waals surface area contributed by atoms with E-state index in [1.165, 1.54) is 70.0 Å². The normalized spacial score (nSPS) is 10.9. The van der Waals surface area contributed by atoms with Gasteiger partial charge in [-0.1, -0.05) is 81.5 Å². The summed E-state index contributed by atoms with van der Waals surface area (Å²) < 4.78 is 10.7. The Bertz CT molecular complexity index is 1120. The predicted molar refractivity (Wildman–Crippen MR) is 155 cm³/mol. The molecule has 0 aliphatic carbocycles. The summed E-state index contributed by atoms with van der Waals surface area (Å²) in [5, 5.41) is 7.09. The zero-order valence-corrected chi connectivity index (χ0v) is 24.1. The first-order valence-electron chi connectivity index (χ1n) is 13.3. The van der Waals surface area contributed by atoms with Crippen molar-refractivity contribution in [2.45, 2.75) is 71.1 Å². The molecule has 0 bridgehead atoms. The number of ether oxygens (including phenoxy) is 2. The van der Waals surface area contributed by atoms with Gasteiger partial charge in [-0.05, 0) is 48.4 Å². The Hall–Kier alpha value is -3.10. The van der Waals surface area contributed by atoms with Gasteiger partial charge in [0.1, 0.15) is 0 Å². The first kappa shape index (κ1) is 32.1. The maximum atomic E-state index is 12.4. The van der Waals surface area contributed by atoms with Gasteiger partial charge in [0.05, 0.1) is 35.5 Å². The molecule has 0 unspecified atom stereocenters. The highest BCUT2D eigenvalue weighted by molar-refractivity contribution is 6.42. The minimum absolute atomic E-state index is 0.146. The van der Waals surface area contributed by atoms with Gasteiger partial charge in [0.2, 0.25) is 5.91 Å². The van der Waals surface area contributed by atoms with Gasteiger partial charge >= 0.3 is 5.97 Å². The summed E-state index contributed by atoms with van der Waals surface area (Å²) in [6.07, 6.45) is 12.4. The van der Waals surface area contributed by atoms with Crippen molar-refractivity contribution in [2.24, 2.45) is 5.10 Å². The molecule has 2 aromatic carbocycles. The third-order valence-electron chi connectivity index (χ3n) is 5.90. The lowest BCUT2D eigenvalue weighted by atomic mass is 10.1. The van der Waals surface area contributed by atoms with E-state index in [-0.39, 0.29) is 28.8 Å². The monoisotopic (exact) mass is 577 g/mol. The Labute approximate surface area is 240 Å². The number of esters is 1. The van der Waals surface area contributed by atoms with Crippen LogP contribution in [0.4, 0.5) is 0 Å². The number of amides is 2. The molecule has 2 rings (SSSR count). The molecule has 0 saturated heterocycles. The molecule has 2 aromatic rings. The van der Waals surface area contributed by atoms with Crippen LogP contribution in [0.15, 0.2) is 41.5 Å². The van der Waals surface area contributed by atoms with E-state index < -0.39 is 11.9 Å². The van der Waals surface area contributed by atoms with Crippen LogP contribution in [-0.4, -0.2) is 37.7 Å². The van der Waals surface area contributed by atoms with E-state index in [1.807, 2.05) is 0 Å². The summed E-state index contributed by atoms with van der Waals surface area (Å²) in [4.78, 5) is 36.4. The fraction of sp³-hybridized carbons (Fsp3) is 0.448. The lowest BCUT2D eigenvalue weighted by molar-refractivity contribution is -0.126. The maximum absolute atomic E-state index is 12.4. The Balaban J connectivity index is 1.70. The second-order valence-electron chi connectivity index (χ2n) is 9.08. The SMILES string of the molecule is CCCCCCCCCCCC(=O)NCC(=O)N/N=C/c1ccc(OC(=O)c2ccc(Cl)c(Cl)c2)c(OC)c1. The lowest BCUT2D eigenvalue weighted by Crippen LogP contribution is -2.34. The van der Waals surface area contributed by atoms with Gasteiger partial charge in [-0.2, -0.15) is 5.10 Å². The van der Waals surface area contributed by atoms with Crippen LogP contribution in [-0.2, 0) is 9.59 Å². The molecule has 0 radical (unpaired) electrons. The van der Waals surface area contributed by atoms with Crippen LogP contribution in [0, 0.1) is 0 Å². The number of rotatable bonds is 17. The number of benzene rings is 2. The predicted octanol–water partition coefficient (Wildman–Crippen LogP) is 6.71. The lowest BCUT2D eigenvalue weighted by Gasteiger charge is -2.10. The zero-order chi connectivity index (χ0) is 28.5. The van der Waals surface area contributed by atoms with E-state index >= 15 is 0 Å². The van der Waals surface area contributed by atoms with Gasteiger partial charge in [0.15, 0.2) is 11.5 Å². The van der Waals surface area contributed by atoms with Crippen LogP contribution < -0.4 is 20.2 Å². The van der Waals surface area contributed by atoms with Crippen molar-refractivity contribution in [1.29, 1.82) is 0 Å². The Morgan fingerprint density at radius 2 is 1.54 bits per heavy atom. The molecule has 0 aliphatic heterocycles. The van der Waals surface area contributed by atoms with Crippen molar-refractivity contribution in [3.05, 3.63) is 57.6 Å². The van der Waals surface area contributed by atoms with Gasteiger partial charge in [-0.3, -0.25) is 9.59 Å². The van der Waals surface area contributed by atoms with Crippen molar-refractivity contribution in [3.63, 3.8) is 0 Å².